The fraction of sp³-hybridized carbons (Fsp3) is 0.938. The molecular weight excluding hydrogens is 238 g/mol. The third-order valence-corrected chi connectivity index (χ3v) is 6.48. The van der Waals surface area contributed by atoms with Crippen LogP contribution in [0.1, 0.15) is 47.0 Å². The van der Waals surface area contributed by atoms with Gasteiger partial charge in [-0.1, -0.05) is 20.8 Å². The molecule has 0 N–H and O–H groups in total. The van der Waals surface area contributed by atoms with Gasteiger partial charge in [-0.25, -0.2) is 4.79 Å². The zero-order chi connectivity index (χ0) is 14.6. The second-order valence-electron chi connectivity index (χ2n) is 8.33. The fourth-order valence-corrected chi connectivity index (χ4v) is 3.86. The maximum Gasteiger partial charge on any atom is 0.364 e. The molecule has 2 saturated carbocycles. The van der Waals surface area contributed by atoms with Crippen molar-refractivity contribution in [3.05, 3.63) is 0 Å². The molecule has 0 aromatic carbocycles. The van der Waals surface area contributed by atoms with Gasteiger partial charge in [0.25, 0.3) is 0 Å². The number of fused-ring (bicyclic) bond motifs is 2. The number of likely N-dealkylation sites (N-methyl/N-ethyl adjacent to an activating group) is 1. The lowest BCUT2D eigenvalue weighted by Crippen LogP contribution is -2.50. The van der Waals surface area contributed by atoms with Crippen molar-refractivity contribution in [2.75, 3.05) is 21.1 Å². The summed E-state index contributed by atoms with van der Waals surface area (Å²) in [4.78, 5) is 12.3. The minimum atomic E-state index is -0.106. The zero-order valence-corrected chi connectivity index (χ0v) is 13.6. The van der Waals surface area contributed by atoms with Crippen LogP contribution in [-0.4, -0.2) is 43.7 Å². The van der Waals surface area contributed by atoms with Crippen molar-refractivity contribution in [3.8, 4) is 0 Å². The highest BCUT2D eigenvalue weighted by Crippen LogP contribution is 2.66. The standard InChI is InChI=1S/C16H30NO2/c1-11(17(5,6)7)14(18)19-13-10-12-8-9-16(13,4)15(12,2)3/h11-13H,8-10H2,1-7H3/q+1/t11-,12-,13-,16-/m1/s1. The van der Waals surface area contributed by atoms with Gasteiger partial charge < -0.3 is 9.22 Å². The lowest BCUT2D eigenvalue weighted by atomic mass is 9.70. The number of quaternary nitrogens is 1. The van der Waals surface area contributed by atoms with E-state index in [2.05, 4.69) is 20.8 Å². The van der Waals surface area contributed by atoms with Crippen LogP contribution in [0.5, 0.6) is 0 Å². The number of carbonyl (C=O) groups excluding carboxylic acids is 1. The summed E-state index contributed by atoms with van der Waals surface area (Å²) in [6, 6.07) is -0.106. The van der Waals surface area contributed by atoms with Gasteiger partial charge in [0.1, 0.15) is 6.10 Å². The molecule has 0 spiro atoms. The van der Waals surface area contributed by atoms with Gasteiger partial charge in [-0.3, -0.25) is 0 Å². The van der Waals surface area contributed by atoms with Crippen molar-refractivity contribution in [2.45, 2.75) is 59.1 Å². The van der Waals surface area contributed by atoms with Crippen LogP contribution in [0.3, 0.4) is 0 Å². The first-order valence-electron chi connectivity index (χ1n) is 7.52. The lowest BCUT2D eigenvalue weighted by molar-refractivity contribution is -0.885. The van der Waals surface area contributed by atoms with E-state index in [4.69, 9.17) is 4.74 Å². The Kier molecular flexibility index (Phi) is 3.29. The topological polar surface area (TPSA) is 26.3 Å². The molecule has 3 nitrogen and oxygen atoms in total. The molecule has 2 rings (SSSR count). The van der Waals surface area contributed by atoms with Gasteiger partial charge in [-0.2, -0.15) is 0 Å². The van der Waals surface area contributed by atoms with Crippen LogP contribution >= 0.6 is 0 Å². The van der Waals surface area contributed by atoms with E-state index in [9.17, 15) is 4.79 Å². The number of hydrogen-bond donors (Lipinski definition) is 0. The Bertz CT molecular complexity index is 383. The van der Waals surface area contributed by atoms with Gasteiger partial charge in [-0.15, -0.1) is 0 Å². The Balaban J connectivity index is 2.09. The Hall–Kier alpha value is -0.570. The molecule has 3 heteroatoms. The van der Waals surface area contributed by atoms with Crippen LogP contribution < -0.4 is 0 Å². The molecular formula is C16H30NO2+. The summed E-state index contributed by atoms with van der Waals surface area (Å²) in [5.74, 6) is 0.678. The van der Waals surface area contributed by atoms with Gasteiger partial charge in [0.2, 0.25) is 0 Å². The van der Waals surface area contributed by atoms with Crippen molar-refractivity contribution in [1.29, 1.82) is 0 Å². The van der Waals surface area contributed by atoms with Gasteiger partial charge in [-0.05, 0) is 37.5 Å². The molecule has 2 aliphatic carbocycles. The van der Waals surface area contributed by atoms with Gasteiger partial charge >= 0.3 is 5.97 Å². The van der Waals surface area contributed by atoms with Gasteiger partial charge in [0.05, 0.1) is 21.1 Å². The summed E-state index contributed by atoms with van der Waals surface area (Å²) in [5, 5.41) is 0. The largest absolute Gasteiger partial charge is 0.457 e. The number of rotatable bonds is 3. The maximum absolute atomic E-state index is 12.3. The average Bonchev–Trinajstić information content (AvgIpc) is 2.59. The van der Waals surface area contributed by atoms with Crippen molar-refractivity contribution >= 4 is 5.97 Å². The van der Waals surface area contributed by atoms with Crippen LogP contribution in [0.25, 0.3) is 0 Å². The first kappa shape index (κ1) is 14.8. The predicted molar refractivity (Wildman–Crippen MR) is 76.6 cm³/mol. The number of hydrogen-bond acceptors (Lipinski definition) is 2. The van der Waals surface area contributed by atoms with Crippen molar-refractivity contribution in [3.63, 3.8) is 0 Å². The van der Waals surface area contributed by atoms with Crippen molar-refractivity contribution in [1.82, 2.24) is 0 Å². The minimum absolute atomic E-state index is 0.0397. The van der Waals surface area contributed by atoms with Crippen LogP contribution in [0.15, 0.2) is 0 Å². The molecule has 0 amide bonds. The highest BCUT2D eigenvalue weighted by molar-refractivity contribution is 5.74. The second kappa shape index (κ2) is 4.21. The Labute approximate surface area is 117 Å². The highest BCUT2D eigenvalue weighted by atomic mass is 16.5. The monoisotopic (exact) mass is 268 g/mol. The maximum atomic E-state index is 12.3. The third-order valence-electron chi connectivity index (χ3n) is 6.48. The first-order chi connectivity index (χ1) is 8.50. The van der Waals surface area contributed by atoms with E-state index in [1.807, 2.05) is 28.1 Å². The molecule has 0 aromatic heterocycles. The minimum Gasteiger partial charge on any atom is -0.457 e. The quantitative estimate of drug-likeness (QED) is 0.581. The number of nitrogens with zero attached hydrogens (tertiary/aromatic N) is 1. The normalized spacial score (nSPS) is 38.3. The first-order valence-corrected chi connectivity index (χ1v) is 7.52. The van der Waals surface area contributed by atoms with Crippen LogP contribution in [0.4, 0.5) is 0 Å². The number of ether oxygens (including phenoxy) is 1. The second-order valence-corrected chi connectivity index (χ2v) is 8.33. The summed E-state index contributed by atoms with van der Waals surface area (Å²) in [7, 11) is 6.12. The molecule has 2 bridgehead atoms. The molecule has 0 aromatic rings. The van der Waals surface area contributed by atoms with E-state index in [1.165, 1.54) is 12.8 Å². The molecule has 0 aliphatic heterocycles. The molecule has 0 heterocycles. The van der Waals surface area contributed by atoms with Gasteiger partial charge in [0, 0.05) is 5.41 Å². The zero-order valence-electron chi connectivity index (χ0n) is 13.6. The Morgan fingerprint density at radius 2 is 1.84 bits per heavy atom. The molecule has 0 saturated heterocycles. The number of carbonyl (C=O) groups is 1. The molecule has 2 fully saturated rings. The molecule has 19 heavy (non-hydrogen) atoms. The fourth-order valence-electron chi connectivity index (χ4n) is 3.86. The van der Waals surface area contributed by atoms with E-state index in [0.29, 0.717) is 9.90 Å². The summed E-state index contributed by atoms with van der Waals surface area (Å²) >= 11 is 0. The smallest absolute Gasteiger partial charge is 0.364 e. The van der Waals surface area contributed by atoms with Crippen molar-refractivity contribution in [2.24, 2.45) is 16.7 Å². The average molecular weight is 268 g/mol. The van der Waals surface area contributed by atoms with E-state index in [1.54, 1.807) is 0 Å². The van der Waals surface area contributed by atoms with Gasteiger partial charge in [0.15, 0.2) is 6.04 Å². The predicted octanol–water partition coefficient (Wildman–Crippen LogP) is 2.84. The molecule has 4 atom stereocenters. The third kappa shape index (κ3) is 2.10. The summed E-state index contributed by atoms with van der Waals surface area (Å²) in [6.45, 7) is 8.97. The molecule has 2 aliphatic rings. The Morgan fingerprint density at radius 3 is 2.21 bits per heavy atom. The van der Waals surface area contributed by atoms with Crippen LogP contribution in [-0.2, 0) is 9.53 Å². The molecule has 0 radical (unpaired) electrons. The summed E-state index contributed by atoms with van der Waals surface area (Å²) in [5.41, 5.74) is 0.468. The van der Waals surface area contributed by atoms with Crippen molar-refractivity contribution < 1.29 is 14.0 Å². The lowest BCUT2D eigenvalue weighted by Gasteiger charge is -2.39. The van der Waals surface area contributed by atoms with Crippen LogP contribution in [0, 0.1) is 16.7 Å². The van der Waals surface area contributed by atoms with E-state index in [-0.39, 0.29) is 23.5 Å². The highest BCUT2D eigenvalue weighted by Gasteiger charge is 2.63. The summed E-state index contributed by atoms with van der Waals surface area (Å²) < 4.78 is 6.54. The summed E-state index contributed by atoms with van der Waals surface area (Å²) in [6.07, 6.45) is 3.66. The van der Waals surface area contributed by atoms with E-state index < -0.39 is 0 Å². The van der Waals surface area contributed by atoms with E-state index >= 15 is 0 Å². The number of esters is 1. The van der Waals surface area contributed by atoms with E-state index in [0.717, 1.165) is 12.3 Å². The molecule has 110 valence electrons. The van der Waals surface area contributed by atoms with Crippen LogP contribution in [0.2, 0.25) is 0 Å². The molecule has 0 unspecified atom stereocenters. The Morgan fingerprint density at radius 1 is 1.26 bits per heavy atom. The SMILES string of the molecule is C[C@H](C(=O)O[C@@H]1C[C@H]2CC[C@@]1(C)C2(C)C)[N+](C)(C)C.